The quantitative estimate of drug-likeness (QED) is 0.438. The predicted molar refractivity (Wildman–Crippen MR) is 121 cm³/mol. The molecule has 0 radical (unpaired) electrons. The van der Waals surface area contributed by atoms with Crippen molar-refractivity contribution in [3.8, 4) is 17.1 Å². The smallest absolute Gasteiger partial charge is 0.237 e. The summed E-state index contributed by atoms with van der Waals surface area (Å²) in [6.07, 6.45) is 0. The van der Waals surface area contributed by atoms with Crippen molar-refractivity contribution in [1.29, 1.82) is 0 Å². The van der Waals surface area contributed by atoms with Crippen molar-refractivity contribution in [3.63, 3.8) is 0 Å². The molecule has 6 nitrogen and oxygen atoms in total. The van der Waals surface area contributed by atoms with E-state index in [1.807, 2.05) is 66.4 Å². The van der Waals surface area contributed by atoms with Gasteiger partial charge in [0.25, 0.3) is 0 Å². The van der Waals surface area contributed by atoms with E-state index >= 15 is 0 Å². The van der Waals surface area contributed by atoms with E-state index in [1.54, 1.807) is 7.11 Å². The number of nitrogens with one attached hydrogen (secondary N) is 1. The average Bonchev–Trinajstić information content (AvgIpc) is 3.27. The third-order valence-electron chi connectivity index (χ3n) is 4.83. The van der Waals surface area contributed by atoms with Gasteiger partial charge in [0.1, 0.15) is 5.75 Å². The van der Waals surface area contributed by atoms with Gasteiger partial charge in [0.2, 0.25) is 11.1 Å². The number of hydrogen-bond acceptors (Lipinski definition) is 5. The van der Waals surface area contributed by atoms with Crippen LogP contribution in [0.5, 0.6) is 5.75 Å². The highest BCUT2D eigenvalue weighted by Crippen LogP contribution is 2.28. The number of methoxy groups -OCH3 is 1. The Morgan fingerprint density at radius 3 is 2.60 bits per heavy atom. The maximum absolute atomic E-state index is 13.0. The second kappa shape index (κ2) is 9.00. The monoisotopic (exact) mass is 418 g/mol. The highest BCUT2D eigenvalue weighted by atomic mass is 32.2. The summed E-state index contributed by atoms with van der Waals surface area (Å²) in [5.74, 6) is 1.73. The number of hydrogen-bond donors (Lipinski definition) is 1. The van der Waals surface area contributed by atoms with Crippen molar-refractivity contribution in [2.75, 3.05) is 24.3 Å². The maximum Gasteiger partial charge on any atom is 0.237 e. The molecule has 0 saturated heterocycles. The first kappa shape index (κ1) is 20.0. The van der Waals surface area contributed by atoms with Gasteiger partial charge in [-0.2, -0.15) is 0 Å². The van der Waals surface area contributed by atoms with Crippen molar-refractivity contribution in [2.24, 2.45) is 0 Å². The summed E-state index contributed by atoms with van der Waals surface area (Å²) < 4.78 is 5.18. The first-order chi connectivity index (χ1) is 14.7. The molecule has 0 unspecified atom stereocenters. The number of thioether (sulfide) groups is 1. The summed E-state index contributed by atoms with van der Waals surface area (Å²) in [4.78, 5) is 19.3. The van der Waals surface area contributed by atoms with Crippen LogP contribution in [-0.2, 0) is 4.79 Å². The Labute approximate surface area is 179 Å². The molecule has 1 amide bonds. The van der Waals surface area contributed by atoms with Crippen molar-refractivity contribution < 1.29 is 9.53 Å². The van der Waals surface area contributed by atoms with Crippen LogP contribution in [0.4, 0.5) is 5.69 Å². The van der Waals surface area contributed by atoms with Gasteiger partial charge in [-0.15, -0.1) is 5.10 Å². The lowest BCUT2D eigenvalue weighted by atomic mass is 10.1. The van der Waals surface area contributed by atoms with Gasteiger partial charge >= 0.3 is 0 Å². The summed E-state index contributed by atoms with van der Waals surface area (Å²) in [7, 11) is 1.63. The van der Waals surface area contributed by atoms with Gasteiger partial charge in [-0.05, 0) is 42.6 Å². The minimum atomic E-state index is 0.0228. The van der Waals surface area contributed by atoms with Crippen LogP contribution in [0.15, 0.2) is 71.9 Å². The number of fused-ring (bicyclic) bond motifs is 1. The van der Waals surface area contributed by atoms with Gasteiger partial charge in [0.05, 0.1) is 18.6 Å². The molecule has 0 saturated carbocycles. The fourth-order valence-electron chi connectivity index (χ4n) is 3.32. The van der Waals surface area contributed by atoms with Crippen molar-refractivity contribution in [1.82, 2.24) is 15.2 Å². The van der Waals surface area contributed by atoms with Gasteiger partial charge in [0.15, 0.2) is 5.82 Å². The molecule has 0 aliphatic rings. The number of nitrogens with zero attached hydrogens (tertiary/aromatic N) is 3. The topological polar surface area (TPSA) is 71.1 Å². The Hall–Kier alpha value is -3.32. The first-order valence-electron chi connectivity index (χ1n) is 9.67. The highest BCUT2D eigenvalue weighted by Gasteiger charge is 2.17. The average molecular weight is 419 g/mol. The molecule has 30 heavy (non-hydrogen) atoms. The summed E-state index contributed by atoms with van der Waals surface area (Å²) >= 11 is 1.33. The number of aromatic nitrogens is 3. The van der Waals surface area contributed by atoms with E-state index < -0.39 is 0 Å². The zero-order chi connectivity index (χ0) is 20.9. The Bertz CT molecular complexity index is 1150. The molecular weight excluding hydrogens is 396 g/mol. The molecule has 1 heterocycles. The van der Waals surface area contributed by atoms with Crippen LogP contribution in [0.25, 0.3) is 22.2 Å². The molecule has 4 rings (SSSR count). The SMILES string of the molecule is CCN(C(=O)CSc1n[nH]c(-c2ccc(OC)cc2)n1)c1cccc2ccccc12. The van der Waals surface area contributed by atoms with E-state index in [0.717, 1.165) is 27.8 Å². The normalized spacial score (nSPS) is 10.9. The van der Waals surface area contributed by atoms with Gasteiger partial charge in [-0.25, -0.2) is 4.98 Å². The minimum absolute atomic E-state index is 0.0228. The number of amides is 1. The maximum atomic E-state index is 13.0. The van der Waals surface area contributed by atoms with Crippen LogP contribution in [0.2, 0.25) is 0 Å². The summed E-state index contributed by atoms with van der Waals surface area (Å²) in [6, 6.07) is 21.7. The van der Waals surface area contributed by atoms with Crippen molar-refractivity contribution in [2.45, 2.75) is 12.1 Å². The fourth-order valence-corrected chi connectivity index (χ4v) is 3.99. The number of carbonyl (C=O) groups excluding carboxylic acids is 1. The molecule has 0 atom stereocenters. The van der Waals surface area contributed by atoms with Gasteiger partial charge in [-0.3, -0.25) is 9.89 Å². The number of H-pyrrole nitrogens is 1. The standard InChI is InChI=1S/C23H22N4O2S/c1-3-27(20-10-6-8-16-7-4-5-9-19(16)20)21(28)15-30-23-24-22(25-26-23)17-11-13-18(29-2)14-12-17/h4-14H,3,15H2,1-2H3,(H,24,25,26). The first-order valence-corrected chi connectivity index (χ1v) is 10.7. The lowest BCUT2D eigenvalue weighted by Crippen LogP contribution is -2.32. The molecule has 1 N–H and O–H groups in total. The third-order valence-corrected chi connectivity index (χ3v) is 5.66. The lowest BCUT2D eigenvalue weighted by Gasteiger charge is -2.22. The summed E-state index contributed by atoms with van der Waals surface area (Å²) in [5.41, 5.74) is 1.84. The van der Waals surface area contributed by atoms with E-state index in [0.29, 0.717) is 17.5 Å². The molecule has 3 aromatic carbocycles. The highest BCUT2D eigenvalue weighted by molar-refractivity contribution is 7.99. The molecular formula is C23H22N4O2S. The Balaban J connectivity index is 1.46. The molecule has 0 aliphatic carbocycles. The van der Waals surface area contributed by atoms with Crippen molar-refractivity contribution >= 4 is 34.1 Å². The second-order valence-corrected chi connectivity index (χ2v) is 7.56. The predicted octanol–water partition coefficient (Wildman–Crippen LogP) is 4.78. The third kappa shape index (κ3) is 4.16. The van der Waals surface area contributed by atoms with Gasteiger partial charge in [0, 0.05) is 17.5 Å². The summed E-state index contributed by atoms with van der Waals surface area (Å²) in [6.45, 7) is 2.58. The van der Waals surface area contributed by atoms with E-state index in [9.17, 15) is 4.79 Å². The lowest BCUT2D eigenvalue weighted by molar-refractivity contribution is -0.116. The van der Waals surface area contributed by atoms with E-state index in [4.69, 9.17) is 4.74 Å². The molecule has 4 aromatic rings. The number of aromatic amines is 1. The van der Waals surface area contributed by atoms with Gasteiger partial charge < -0.3 is 9.64 Å². The van der Waals surface area contributed by atoms with Gasteiger partial charge in [-0.1, -0.05) is 48.2 Å². The van der Waals surface area contributed by atoms with Crippen LogP contribution in [-0.4, -0.2) is 40.5 Å². The number of ether oxygens (including phenoxy) is 1. The Morgan fingerprint density at radius 2 is 1.83 bits per heavy atom. The van der Waals surface area contributed by atoms with Crippen LogP contribution < -0.4 is 9.64 Å². The number of benzene rings is 3. The Kier molecular flexibility index (Phi) is 5.99. The molecule has 0 aliphatic heterocycles. The number of anilines is 1. The van der Waals surface area contributed by atoms with E-state index in [2.05, 4.69) is 27.3 Å². The molecule has 0 fully saturated rings. The van der Waals surface area contributed by atoms with Crippen LogP contribution in [0.3, 0.4) is 0 Å². The van der Waals surface area contributed by atoms with Crippen molar-refractivity contribution in [3.05, 3.63) is 66.7 Å². The number of carbonyl (C=O) groups is 1. The number of rotatable bonds is 7. The summed E-state index contributed by atoms with van der Waals surface area (Å²) in [5, 5.41) is 9.91. The van der Waals surface area contributed by atoms with Crippen LogP contribution >= 0.6 is 11.8 Å². The van der Waals surface area contributed by atoms with Crippen LogP contribution in [0, 0.1) is 0 Å². The fraction of sp³-hybridized carbons (Fsp3) is 0.174. The molecule has 0 bridgehead atoms. The van der Waals surface area contributed by atoms with E-state index in [1.165, 1.54) is 11.8 Å². The van der Waals surface area contributed by atoms with E-state index in [-0.39, 0.29) is 11.7 Å². The molecule has 0 spiro atoms. The Morgan fingerprint density at radius 1 is 1.07 bits per heavy atom. The zero-order valence-electron chi connectivity index (χ0n) is 16.8. The van der Waals surface area contributed by atoms with Crippen LogP contribution in [0.1, 0.15) is 6.92 Å². The molecule has 7 heteroatoms. The molecule has 1 aromatic heterocycles. The molecule has 152 valence electrons. The minimum Gasteiger partial charge on any atom is -0.497 e. The second-order valence-electron chi connectivity index (χ2n) is 6.62. The zero-order valence-corrected chi connectivity index (χ0v) is 17.6. The largest absolute Gasteiger partial charge is 0.497 e.